The number of imidazole rings is 1. The number of fused-ring (bicyclic) bond motifs is 1. The minimum atomic E-state index is -3.38. The largest absolute Gasteiger partial charge is 0.242 e. The molecule has 0 bridgehead atoms. The first-order chi connectivity index (χ1) is 9.05. The van der Waals surface area contributed by atoms with Crippen LogP contribution in [0.3, 0.4) is 0 Å². The van der Waals surface area contributed by atoms with E-state index in [9.17, 15) is 8.42 Å². The van der Waals surface area contributed by atoms with Crippen molar-refractivity contribution in [1.29, 1.82) is 0 Å². The summed E-state index contributed by atoms with van der Waals surface area (Å²) in [5.74, 6) is 0.514. The molecule has 0 spiro atoms. The van der Waals surface area contributed by atoms with Gasteiger partial charge < -0.3 is 0 Å². The molecule has 0 unspecified atom stereocenters. The average molecular weight is 294 g/mol. The summed E-state index contributed by atoms with van der Waals surface area (Å²) in [6, 6.07) is 5.82. The lowest BCUT2D eigenvalue weighted by Crippen LogP contribution is -2.23. The average Bonchev–Trinajstić information content (AvgIpc) is 2.62. The number of benzene rings is 1. The van der Waals surface area contributed by atoms with Crippen LogP contribution in [0.1, 0.15) is 46.0 Å². The van der Waals surface area contributed by atoms with Crippen molar-refractivity contribution < 1.29 is 8.42 Å². The third-order valence-corrected chi connectivity index (χ3v) is 5.65. The van der Waals surface area contributed by atoms with Crippen LogP contribution in [0.2, 0.25) is 0 Å². The minimum absolute atomic E-state index is 0.0167. The molecule has 0 amide bonds. The van der Waals surface area contributed by atoms with Crippen molar-refractivity contribution in [2.45, 2.75) is 52.2 Å². The molecule has 0 atom stereocenters. The van der Waals surface area contributed by atoms with Crippen LogP contribution in [-0.2, 0) is 15.4 Å². The summed E-state index contributed by atoms with van der Waals surface area (Å²) >= 11 is 0. The zero-order valence-corrected chi connectivity index (χ0v) is 13.7. The monoisotopic (exact) mass is 294 g/mol. The molecule has 0 aliphatic carbocycles. The predicted molar refractivity (Wildman–Crippen MR) is 82.6 cm³/mol. The van der Waals surface area contributed by atoms with Crippen LogP contribution in [0.5, 0.6) is 0 Å². The van der Waals surface area contributed by atoms with E-state index in [0.717, 1.165) is 11.1 Å². The van der Waals surface area contributed by atoms with Gasteiger partial charge >= 0.3 is 0 Å². The summed E-state index contributed by atoms with van der Waals surface area (Å²) in [6.07, 6.45) is 0. The first kappa shape index (κ1) is 15.0. The molecule has 1 heterocycles. The van der Waals surface area contributed by atoms with Gasteiger partial charge in [0.25, 0.3) is 0 Å². The van der Waals surface area contributed by atoms with E-state index < -0.39 is 15.3 Å². The summed E-state index contributed by atoms with van der Waals surface area (Å²) in [6.45, 7) is 11.5. The van der Waals surface area contributed by atoms with Gasteiger partial charge in [0.1, 0.15) is 5.82 Å². The van der Waals surface area contributed by atoms with E-state index >= 15 is 0 Å². The first-order valence-electron chi connectivity index (χ1n) is 6.79. The fraction of sp³-hybridized carbons (Fsp3) is 0.533. The molecule has 0 N–H and O–H groups in total. The molecule has 0 saturated heterocycles. The van der Waals surface area contributed by atoms with Gasteiger partial charge in [-0.25, -0.2) is 17.4 Å². The Labute approximate surface area is 120 Å². The van der Waals surface area contributed by atoms with Gasteiger partial charge in [-0.3, -0.25) is 0 Å². The van der Waals surface area contributed by atoms with Crippen molar-refractivity contribution in [2.75, 3.05) is 0 Å². The smallest absolute Gasteiger partial charge is 0.232 e. The highest BCUT2D eigenvalue weighted by molar-refractivity contribution is 7.90. The Morgan fingerprint density at radius 2 is 1.80 bits per heavy atom. The number of rotatable bonds is 2. The van der Waals surface area contributed by atoms with E-state index in [1.54, 1.807) is 20.8 Å². The SMILES string of the molecule is Cc1nc2cc(C(C)(C)C)ccc2n1S(=O)(=O)C(C)C. The molecule has 0 aliphatic heterocycles. The van der Waals surface area contributed by atoms with Crippen LogP contribution in [0, 0.1) is 6.92 Å². The summed E-state index contributed by atoms with van der Waals surface area (Å²) in [5.41, 5.74) is 2.56. The van der Waals surface area contributed by atoms with Crippen LogP contribution < -0.4 is 0 Å². The lowest BCUT2D eigenvalue weighted by atomic mass is 9.87. The number of nitrogens with zero attached hydrogens (tertiary/aromatic N) is 2. The van der Waals surface area contributed by atoms with Gasteiger partial charge in [-0.05, 0) is 43.9 Å². The normalized spacial score (nSPS) is 13.3. The Hall–Kier alpha value is -1.36. The van der Waals surface area contributed by atoms with E-state index in [4.69, 9.17) is 0 Å². The van der Waals surface area contributed by atoms with Crippen molar-refractivity contribution >= 4 is 21.1 Å². The molecule has 5 heteroatoms. The maximum atomic E-state index is 12.4. The lowest BCUT2D eigenvalue weighted by molar-refractivity contribution is 0.578. The van der Waals surface area contributed by atoms with E-state index in [1.165, 1.54) is 3.97 Å². The Kier molecular flexibility index (Phi) is 3.45. The Morgan fingerprint density at radius 3 is 2.30 bits per heavy atom. The first-order valence-corrected chi connectivity index (χ1v) is 8.29. The standard InChI is InChI=1S/C15H22N2O2S/c1-10(2)20(18,19)17-11(3)16-13-9-12(15(4,5)6)7-8-14(13)17/h7-10H,1-6H3. The van der Waals surface area contributed by atoms with Crippen LogP contribution >= 0.6 is 0 Å². The Bertz CT molecular complexity index is 750. The molecular weight excluding hydrogens is 272 g/mol. The molecule has 2 rings (SSSR count). The van der Waals surface area contributed by atoms with Gasteiger partial charge in [0, 0.05) is 0 Å². The molecule has 1 aromatic heterocycles. The topological polar surface area (TPSA) is 52.0 Å². The quantitative estimate of drug-likeness (QED) is 0.854. The highest BCUT2D eigenvalue weighted by Gasteiger charge is 2.24. The molecule has 0 fully saturated rings. The zero-order valence-electron chi connectivity index (χ0n) is 12.9. The van der Waals surface area contributed by atoms with Crippen molar-refractivity contribution in [3.05, 3.63) is 29.6 Å². The molecule has 2 aromatic rings. The highest BCUT2D eigenvalue weighted by Crippen LogP contribution is 2.27. The van der Waals surface area contributed by atoms with Gasteiger partial charge in [-0.1, -0.05) is 26.8 Å². The lowest BCUT2D eigenvalue weighted by Gasteiger charge is -2.19. The zero-order chi connectivity index (χ0) is 15.3. The van der Waals surface area contributed by atoms with Crippen molar-refractivity contribution in [1.82, 2.24) is 8.96 Å². The van der Waals surface area contributed by atoms with E-state index in [-0.39, 0.29) is 5.41 Å². The van der Waals surface area contributed by atoms with Crippen molar-refractivity contribution in [2.24, 2.45) is 0 Å². The number of aromatic nitrogens is 2. The maximum absolute atomic E-state index is 12.4. The second-order valence-electron chi connectivity index (χ2n) is 6.47. The molecule has 1 aromatic carbocycles. The Balaban J connectivity index is 2.75. The molecule has 0 saturated carbocycles. The number of aryl methyl sites for hydroxylation is 1. The number of hydrogen-bond acceptors (Lipinski definition) is 3. The molecule has 4 nitrogen and oxygen atoms in total. The fourth-order valence-corrected chi connectivity index (χ4v) is 3.44. The van der Waals surface area contributed by atoms with Crippen LogP contribution in [0.4, 0.5) is 0 Å². The van der Waals surface area contributed by atoms with Crippen molar-refractivity contribution in [3.63, 3.8) is 0 Å². The van der Waals surface area contributed by atoms with Gasteiger partial charge in [-0.15, -0.1) is 0 Å². The van der Waals surface area contributed by atoms with E-state index in [2.05, 4.69) is 25.8 Å². The molecule has 110 valence electrons. The van der Waals surface area contributed by atoms with Crippen LogP contribution in [0.25, 0.3) is 11.0 Å². The summed E-state index contributed by atoms with van der Waals surface area (Å²) < 4.78 is 26.2. The Morgan fingerprint density at radius 1 is 1.20 bits per heavy atom. The van der Waals surface area contributed by atoms with E-state index in [1.807, 2.05) is 18.2 Å². The predicted octanol–water partition coefficient (Wildman–Crippen LogP) is 3.23. The van der Waals surface area contributed by atoms with Crippen LogP contribution in [-0.4, -0.2) is 22.6 Å². The molecule has 0 aliphatic rings. The fourth-order valence-electron chi connectivity index (χ4n) is 2.18. The summed E-state index contributed by atoms with van der Waals surface area (Å²) in [7, 11) is -3.38. The van der Waals surface area contributed by atoms with Gasteiger partial charge in [0.05, 0.1) is 16.3 Å². The number of hydrogen-bond donors (Lipinski definition) is 0. The van der Waals surface area contributed by atoms with Gasteiger partial charge in [-0.2, -0.15) is 0 Å². The van der Waals surface area contributed by atoms with Crippen LogP contribution in [0.15, 0.2) is 18.2 Å². The maximum Gasteiger partial charge on any atom is 0.242 e. The second kappa shape index (κ2) is 4.58. The minimum Gasteiger partial charge on any atom is -0.232 e. The van der Waals surface area contributed by atoms with Gasteiger partial charge in [0.15, 0.2) is 0 Å². The molecular formula is C15H22N2O2S. The van der Waals surface area contributed by atoms with Gasteiger partial charge in [0.2, 0.25) is 10.0 Å². The third kappa shape index (κ3) is 2.35. The molecule has 20 heavy (non-hydrogen) atoms. The third-order valence-electron chi connectivity index (χ3n) is 3.49. The second-order valence-corrected chi connectivity index (χ2v) is 8.81. The summed E-state index contributed by atoms with van der Waals surface area (Å²) in [5, 5.41) is -0.471. The molecule has 0 radical (unpaired) electrons. The van der Waals surface area contributed by atoms with Crippen molar-refractivity contribution in [3.8, 4) is 0 Å². The highest BCUT2D eigenvalue weighted by atomic mass is 32.2. The summed E-state index contributed by atoms with van der Waals surface area (Å²) in [4.78, 5) is 4.42. The van der Waals surface area contributed by atoms with E-state index in [0.29, 0.717) is 11.3 Å².